The molecule has 4 heterocycles. The highest BCUT2D eigenvalue weighted by Gasteiger charge is 2.40. The Morgan fingerprint density at radius 2 is 2.00 bits per heavy atom. The average molecular weight is 396 g/mol. The van der Waals surface area contributed by atoms with Crippen LogP contribution in [0.2, 0.25) is 0 Å². The van der Waals surface area contributed by atoms with Gasteiger partial charge in [-0.1, -0.05) is 12.1 Å². The van der Waals surface area contributed by atoms with E-state index in [2.05, 4.69) is 21.6 Å². The van der Waals surface area contributed by atoms with E-state index >= 15 is 0 Å². The Balaban J connectivity index is 1.29. The van der Waals surface area contributed by atoms with E-state index in [1.54, 1.807) is 4.90 Å². The molecule has 1 aromatic rings. The van der Waals surface area contributed by atoms with Gasteiger partial charge in [-0.25, -0.2) is 0 Å². The van der Waals surface area contributed by atoms with Crippen LogP contribution in [0.4, 0.5) is 0 Å². The van der Waals surface area contributed by atoms with Crippen LogP contribution in [0, 0.1) is 0 Å². The van der Waals surface area contributed by atoms with Gasteiger partial charge in [0.1, 0.15) is 6.04 Å². The van der Waals surface area contributed by atoms with Crippen molar-refractivity contribution < 1.29 is 14.4 Å². The number of carbonyl (C=O) groups is 3. The molecule has 5 rings (SSSR count). The molecule has 1 aromatic carbocycles. The topological polar surface area (TPSA) is 81.8 Å². The molecule has 1 spiro atoms. The van der Waals surface area contributed by atoms with Crippen molar-refractivity contribution in [2.24, 2.45) is 0 Å². The fraction of sp³-hybridized carbons (Fsp3) is 0.591. The Morgan fingerprint density at radius 1 is 1.14 bits per heavy atom. The number of piperidine rings is 2. The molecular formula is C22H28N4O3. The monoisotopic (exact) mass is 396 g/mol. The summed E-state index contributed by atoms with van der Waals surface area (Å²) in [5, 5.41) is 6.08. The Bertz CT molecular complexity index is 862. The highest BCUT2D eigenvalue weighted by atomic mass is 16.2. The SMILES string of the molecule is O=C1CCC(N2Cc3ccc(CN4CCCC5(CCCN5)C4)cc3C2=O)C(=O)N1. The fourth-order valence-electron chi connectivity index (χ4n) is 5.54. The van der Waals surface area contributed by atoms with E-state index in [1.165, 1.54) is 25.7 Å². The summed E-state index contributed by atoms with van der Waals surface area (Å²) in [6.45, 7) is 4.58. The fourth-order valence-corrected chi connectivity index (χ4v) is 5.54. The van der Waals surface area contributed by atoms with E-state index in [9.17, 15) is 14.4 Å². The molecule has 29 heavy (non-hydrogen) atoms. The molecule has 2 atom stereocenters. The molecule has 4 aliphatic rings. The molecule has 0 bridgehead atoms. The lowest BCUT2D eigenvalue weighted by molar-refractivity contribution is -0.136. The molecule has 3 fully saturated rings. The number of amides is 3. The van der Waals surface area contributed by atoms with E-state index in [1.807, 2.05) is 12.1 Å². The summed E-state index contributed by atoms with van der Waals surface area (Å²) >= 11 is 0. The first-order chi connectivity index (χ1) is 14.0. The van der Waals surface area contributed by atoms with Crippen molar-refractivity contribution >= 4 is 17.7 Å². The van der Waals surface area contributed by atoms with Crippen molar-refractivity contribution in [3.63, 3.8) is 0 Å². The molecular weight excluding hydrogens is 368 g/mol. The normalized spacial score (nSPS) is 30.1. The van der Waals surface area contributed by atoms with E-state index in [4.69, 9.17) is 0 Å². The summed E-state index contributed by atoms with van der Waals surface area (Å²) in [7, 11) is 0. The first kappa shape index (κ1) is 18.8. The second kappa shape index (κ2) is 7.22. The molecule has 154 valence electrons. The average Bonchev–Trinajstić information content (AvgIpc) is 3.27. The lowest BCUT2D eigenvalue weighted by Crippen LogP contribution is -2.53. The number of carbonyl (C=O) groups excluding carboxylic acids is 3. The molecule has 0 aromatic heterocycles. The van der Waals surface area contributed by atoms with E-state index in [-0.39, 0.29) is 29.7 Å². The van der Waals surface area contributed by atoms with E-state index in [0.717, 1.165) is 37.3 Å². The van der Waals surface area contributed by atoms with Gasteiger partial charge < -0.3 is 10.2 Å². The van der Waals surface area contributed by atoms with Crippen molar-refractivity contribution in [1.29, 1.82) is 0 Å². The third-order valence-corrected chi connectivity index (χ3v) is 6.99. The largest absolute Gasteiger partial charge is 0.322 e. The molecule has 2 unspecified atom stereocenters. The van der Waals surface area contributed by atoms with E-state index < -0.39 is 6.04 Å². The number of rotatable bonds is 3. The van der Waals surface area contributed by atoms with Gasteiger partial charge in [-0.05, 0) is 62.4 Å². The summed E-state index contributed by atoms with van der Waals surface area (Å²) < 4.78 is 0. The Kier molecular flexibility index (Phi) is 4.67. The highest BCUT2D eigenvalue weighted by molar-refractivity contribution is 6.05. The van der Waals surface area contributed by atoms with Gasteiger partial charge in [0.2, 0.25) is 11.8 Å². The third-order valence-electron chi connectivity index (χ3n) is 6.99. The summed E-state index contributed by atoms with van der Waals surface area (Å²) in [6, 6.07) is 5.60. The van der Waals surface area contributed by atoms with Gasteiger partial charge in [0.15, 0.2) is 0 Å². The zero-order chi connectivity index (χ0) is 20.0. The maximum atomic E-state index is 13.0. The first-order valence-electron chi connectivity index (χ1n) is 10.8. The lowest BCUT2D eigenvalue weighted by Gasteiger charge is -2.40. The quantitative estimate of drug-likeness (QED) is 0.750. The van der Waals surface area contributed by atoms with Gasteiger partial charge >= 0.3 is 0 Å². The Labute approximate surface area is 170 Å². The van der Waals surface area contributed by atoms with E-state index in [0.29, 0.717) is 18.5 Å². The van der Waals surface area contributed by atoms with Crippen LogP contribution < -0.4 is 10.6 Å². The molecule has 0 saturated carbocycles. The zero-order valence-electron chi connectivity index (χ0n) is 16.7. The van der Waals surface area contributed by atoms with Crippen molar-refractivity contribution in [3.05, 3.63) is 34.9 Å². The van der Waals surface area contributed by atoms with Crippen LogP contribution in [-0.4, -0.2) is 58.7 Å². The minimum Gasteiger partial charge on any atom is -0.322 e. The second-order valence-corrected chi connectivity index (χ2v) is 9.02. The molecule has 7 nitrogen and oxygen atoms in total. The molecule has 7 heteroatoms. The first-order valence-corrected chi connectivity index (χ1v) is 10.8. The van der Waals surface area contributed by atoms with Crippen LogP contribution in [0.3, 0.4) is 0 Å². The number of imide groups is 1. The number of nitrogens with zero attached hydrogens (tertiary/aromatic N) is 2. The molecule has 3 amide bonds. The standard InChI is InChI=1S/C22H28N4O3/c27-19-6-5-18(20(28)24-19)26-13-16-4-3-15(11-17(16)21(26)29)12-25-10-2-8-22(14-25)7-1-9-23-22/h3-4,11,18,23H,1-2,5-10,12-14H2,(H,24,27,28). The minimum atomic E-state index is -0.550. The molecule has 0 radical (unpaired) electrons. The van der Waals surface area contributed by atoms with Crippen molar-refractivity contribution in [1.82, 2.24) is 20.4 Å². The molecule has 4 aliphatic heterocycles. The zero-order valence-corrected chi connectivity index (χ0v) is 16.7. The predicted octanol–water partition coefficient (Wildman–Crippen LogP) is 1.17. The number of benzene rings is 1. The van der Waals surface area contributed by atoms with Crippen LogP contribution in [-0.2, 0) is 22.7 Å². The van der Waals surface area contributed by atoms with Crippen LogP contribution in [0.25, 0.3) is 0 Å². The van der Waals surface area contributed by atoms with Gasteiger partial charge in [-0.2, -0.15) is 0 Å². The predicted molar refractivity (Wildman–Crippen MR) is 107 cm³/mol. The van der Waals surface area contributed by atoms with Crippen molar-refractivity contribution in [3.8, 4) is 0 Å². The minimum absolute atomic E-state index is 0.0936. The summed E-state index contributed by atoms with van der Waals surface area (Å²) in [5.74, 6) is -0.706. The number of nitrogens with one attached hydrogen (secondary N) is 2. The van der Waals surface area contributed by atoms with Gasteiger partial charge in [0.25, 0.3) is 5.91 Å². The maximum Gasteiger partial charge on any atom is 0.255 e. The number of hydrogen-bond acceptors (Lipinski definition) is 5. The number of likely N-dealkylation sites (tertiary alicyclic amines) is 1. The van der Waals surface area contributed by atoms with Crippen molar-refractivity contribution in [2.75, 3.05) is 19.6 Å². The summed E-state index contributed by atoms with van der Waals surface area (Å²) in [4.78, 5) is 40.7. The summed E-state index contributed by atoms with van der Waals surface area (Å²) in [6.07, 6.45) is 5.67. The third kappa shape index (κ3) is 3.46. The van der Waals surface area contributed by atoms with Gasteiger partial charge in [-0.3, -0.25) is 24.6 Å². The van der Waals surface area contributed by atoms with Gasteiger partial charge in [-0.15, -0.1) is 0 Å². The Hall–Kier alpha value is -2.25. The molecule has 3 saturated heterocycles. The van der Waals surface area contributed by atoms with Crippen LogP contribution in [0.1, 0.15) is 60.0 Å². The smallest absolute Gasteiger partial charge is 0.255 e. The van der Waals surface area contributed by atoms with Gasteiger partial charge in [0, 0.05) is 37.2 Å². The van der Waals surface area contributed by atoms with Crippen LogP contribution in [0.15, 0.2) is 18.2 Å². The molecule has 2 N–H and O–H groups in total. The maximum absolute atomic E-state index is 13.0. The number of fused-ring (bicyclic) bond motifs is 1. The van der Waals surface area contributed by atoms with Crippen LogP contribution >= 0.6 is 0 Å². The van der Waals surface area contributed by atoms with Gasteiger partial charge in [0.05, 0.1) is 0 Å². The summed E-state index contributed by atoms with van der Waals surface area (Å²) in [5.41, 5.74) is 3.11. The lowest BCUT2D eigenvalue weighted by atomic mass is 9.87. The molecule has 0 aliphatic carbocycles. The Morgan fingerprint density at radius 3 is 2.79 bits per heavy atom. The van der Waals surface area contributed by atoms with Crippen molar-refractivity contribution in [2.45, 2.75) is 63.2 Å². The number of hydrogen-bond donors (Lipinski definition) is 2. The van der Waals surface area contributed by atoms with Crippen LogP contribution in [0.5, 0.6) is 0 Å². The highest BCUT2D eigenvalue weighted by Crippen LogP contribution is 2.32. The second-order valence-electron chi connectivity index (χ2n) is 9.02.